The third-order valence-electron chi connectivity index (χ3n) is 4.83. The summed E-state index contributed by atoms with van der Waals surface area (Å²) in [6.45, 7) is 4.12. The standard InChI is InChI=1S/C14H24N6O2/c1-22-13-4-8-18(9-5-13)12-2-6-19(7-3-12)14(21)10-20-11-15-16-17-20/h11-13H,2-10H2,1H3. The Balaban J connectivity index is 1.43. The Kier molecular flexibility index (Phi) is 4.99. The largest absolute Gasteiger partial charge is 0.381 e. The first kappa shape index (κ1) is 15.4. The molecular formula is C14H24N6O2. The van der Waals surface area contributed by atoms with Crippen LogP contribution in [0.25, 0.3) is 0 Å². The average molecular weight is 308 g/mol. The maximum Gasteiger partial charge on any atom is 0.244 e. The molecule has 1 amide bonds. The van der Waals surface area contributed by atoms with E-state index in [2.05, 4.69) is 20.4 Å². The minimum absolute atomic E-state index is 0.101. The number of nitrogens with zero attached hydrogens (tertiary/aromatic N) is 6. The molecule has 8 heteroatoms. The fraction of sp³-hybridized carbons (Fsp3) is 0.857. The summed E-state index contributed by atoms with van der Waals surface area (Å²) in [6.07, 6.45) is 6.25. The summed E-state index contributed by atoms with van der Waals surface area (Å²) in [4.78, 5) is 16.7. The lowest BCUT2D eigenvalue weighted by molar-refractivity contribution is -0.133. The molecule has 1 aromatic heterocycles. The summed E-state index contributed by atoms with van der Waals surface area (Å²) in [7, 11) is 1.80. The molecule has 0 aromatic carbocycles. The lowest BCUT2D eigenvalue weighted by atomic mass is 9.99. The average Bonchev–Trinajstić information content (AvgIpc) is 3.08. The molecule has 2 saturated heterocycles. The van der Waals surface area contributed by atoms with E-state index in [0.717, 1.165) is 51.9 Å². The highest BCUT2D eigenvalue weighted by atomic mass is 16.5. The molecule has 0 N–H and O–H groups in total. The van der Waals surface area contributed by atoms with Gasteiger partial charge in [-0.05, 0) is 36.1 Å². The van der Waals surface area contributed by atoms with Crippen LogP contribution in [0.15, 0.2) is 6.33 Å². The van der Waals surface area contributed by atoms with E-state index in [1.54, 1.807) is 7.11 Å². The van der Waals surface area contributed by atoms with Gasteiger partial charge in [0.1, 0.15) is 12.9 Å². The molecule has 2 fully saturated rings. The number of tetrazole rings is 1. The van der Waals surface area contributed by atoms with Crippen LogP contribution >= 0.6 is 0 Å². The highest BCUT2D eigenvalue weighted by Gasteiger charge is 2.29. The third-order valence-corrected chi connectivity index (χ3v) is 4.83. The van der Waals surface area contributed by atoms with Crippen molar-refractivity contribution in [1.82, 2.24) is 30.0 Å². The number of piperidine rings is 2. The van der Waals surface area contributed by atoms with E-state index < -0.39 is 0 Å². The fourth-order valence-corrected chi connectivity index (χ4v) is 3.45. The Morgan fingerprint density at radius 3 is 2.50 bits per heavy atom. The van der Waals surface area contributed by atoms with E-state index in [9.17, 15) is 4.79 Å². The Morgan fingerprint density at radius 1 is 1.18 bits per heavy atom. The maximum absolute atomic E-state index is 12.2. The third kappa shape index (κ3) is 3.61. The molecule has 0 atom stereocenters. The van der Waals surface area contributed by atoms with Crippen LogP contribution in [0.1, 0.15) is 25.7 Å². The highest BCUT2D eigenvalue weighted by Crippen LogP contribution is 2.22. The van der Waals surface area contributed by atoms with Gasteiger partial charge in [-0.15, -0.1) is 5.10 Å². The van der Waals surface area contributed by atoms with E-state index in [4.69, 9.17) is 4.74 Å². The van der Waals surface area contributed by atoms with Gasteiger partial charge >= 0.3 is 0 Å². The Morgan fingerprint density at radius 2 is 1.91 bits per heavy atom. The van der Waals surface area contributed by atoms with Gasteiger partial charge in [0.05, 0.1) is 6.10 Å². The summed E-state index contributed by atoms with van der Waals surface area (Å²) in [6, 6.07) is 0.606. The number of likely N-dealkylation sites (tertiary alicyclic amines) is 2. The van der Waals surface area contributed by atoms with Gasteiger partial charge in [0.25, 0.3) is 0 Å². The molecule has 0 saturated carbocycles. The second-order valence-electron chi connectivity index (χ2n) is 6.09. The molecule has 0 unspecified atom stereocenters. The van der Waals surface area contributed by atoms with Crippen LogP contribution in [0.5, 0.6) is 0 Å². The molecule has 0 radical (unpaired) electrons. The van der Waals surface area contributed by atoms with Crippen LogP contribution in [0.4, 0.5) is 0 Å². The monoisotopic (exact) mass is 308 g/mol. The molecule has 0 aliphatic carbocycles. The second kappa shape index (κ2) is 7.15. The fourth-order valence-electron chi connectivity index (χ4n) is 3.45. The summed E-state index contributed by atoms with van der Waals surface area (Å²) >= 11 is 0. The molecule has 22 heavy (non-hydrogen) atoms. The van der Waals surface area contributed by atoms with E-state index in [0.29, 0.717) is 12.1 Å². The molecule has 3 rings (SSSR count). The first-order valence-corrected chi connectivity index (χ1v) is 8.01. The lowest BCUT2D eigenvalue weighted by Crippen LogP contribution is -2.50. The smallest absolute Gasteiger partial charge is 0.244 e. The van der Waals surface area contributed by atoms with Crippen LogP contribution in [-0.4, -0.2) is 81.3 Å². The first-order valence-electron chi connectivity index (χ1n) is 8.01. The van der Waals surface area contributed by atoms with Gasteiger partial charge in [0.2, 0.25) is 5.91 Å². The minimum atomic E-state index is 0.101. The Bertz CT molecular complexity index is 464. The second-order valence-corrected chi connectivity index (χ2v) is 6.09. The maximum atomic E-state index is 12.2. The number of ether oxygens (including phenoxy) is 1. The van der Waals surface area contributed by atoms with E-state index in [1.807, 2.05) is 4.90 Å². The van der Waals surface area contributed by atoms with Gasteiger partial charge < -0.3 is 14.5 Å². The summed E-state index contributed by atoms with van der Waals surface area (Å²) in [5.41, 5.74) is 0. The van der Waals surface area contributed by atoms with Crippen LogP contribution in [0, 0.1) is 0 Å². The van der Waals surface area contributed by atoms with Crippen molar-refractivity contribution in [1.29, 1.82) is 0 Å². The molecule has 2 aliphatic heterocycles. The lowest BCUT2D eigenvalue weighted by Gasteiger charge is -2.41. The Hall–Kier alpha value is -1.54. The SMILES string of the molecule is COC1CCN(C2CCN(C(=O)Cn3cnnn3)CC2)CC1. The summed E-state index contributed by atoms with van der Waals surface area (Å²) in [5.74, 6) is 0.101. The van der Waals surface area contributed by atoms with Crippen molar-refractivity contribution in [3.63, 3.8) is 0 Å². The zero-order chi connectivity index (χ0) is 15.4. The Labute approximate surface area is 130 Å². The van der Waals surface area contributed by atoms with Gasteiger partial charge in [-0.25, -0.2) is 4.68 Å². The zero-order valence-corrected chi connectivity index (χ0v) is 13.1. The molecule has 8 nitrogen and oxygen atoms in total. The molecule has 1 aromatic rings. The van der Waals surface area contributed by atoms with E-state index >= 15 is 0 Å². The predicted octanol–water partition coefficient (Wildman–Crippen LogP) is -0.225. The molecule has 3 heterocycles. The molecule has 122 valence electrons. The number of carbonyl (C=O) groups is 1. The van der Waals surface area contributed by atoms with Gasteiger partial charge in [0.15, 0.2) is 0 Å². The number of hydrogen-bond acceptors (Lipinski definition) is 6. The van der Waals surface area contributed by atoms with Crippen molar-refractivity contribution in [2.75, 3.05) is 33.3 Å². The van der Waals surface area contributed by atoms with Crippen molar-refractivity contribution < 1.29 is 9.53 Å². The number of hydrogen-bond donors (Lipinski definition) is 0. The van der Waals surface area contributed by atoms with Gasteiger partial charge in [-0.2, -0.15) is 0 Å². The zero-order valence-electron chi connectivity index (χ0n) is 13.1. The van der Waals surface area contributed by atoms with Crippen molar-refractivity contribution in [2.24, 2.45) is 0 Å². The predicted molar refractivity (Wildman–Crippen MR) is 79.0 cm³/mol. The summed E-state index contributed by atoms with van der Waals surface area (Å²) < 4.78 is 6.90. The first-order chi connectivity index (χ1) is 10.8. The number of amides is 1. The number of carbonyl (C=O) groups excluding carboxylic acids is 1. The molecule has 0 bridgehead atoms. The molecular weight excluding hydrogens is 284 g/mol. The van der Waals surface area contributed by atoms with Crippen molar-refractivity contribution in [3.05, 3.63) is 6.33 Å². The van der Waals surface area contributed by atoms with E-state index in [1.165, 1.54) is 11.0 Å². The van der Waals surface area contributed by atoms with Crippen molar-refractivity contribution in [2.45, 2.75) is 44.4 Å². The van der Waals surface area contributed by atoms with Crippen LogP contribution < -0.4 is 0 Å². The van der Waals surface area contributed by atoms with Gasteiger partial charge in [-0.3, -0.25) is 4.79 Å². The summed E-state index contributed by atoms with van der Waals surface area (Å²) in [5, 5.41) is 10.8. The van der Waals surface area contributed by atoms with Crippen molar-refractivity contribution in [3.8, 4) is 0 Å². The van der Waals surface area contributed by atoms with E-state index in [-0.39, 0.29) is 12.5 Å². The highest BCUT2D eigenvalue weighted by molar-refractivity contribution is 5.75. The topological polar surface area (TPSA) is 76.4 Å². The molecule has 0 spiro atoms. The number of aromatic nitrogens is 4. The molecule has 2 aliphatic rings. The van der Waals surface area contributed by atoms with Crippen LogP contribution in [0.2, 0.25) is 0 Å². The van der Waals surface area contributed by atoms with Crippen LogP contribution in [-0.2, 0) is 16.1 Å². The quantitative estimate of drug-likeness (QED) is 0.765. The van der Waals surface area contributed by atoms with Gasteiger partial charge in [0, 0.05) is 39.3 Å². The van der Waals surface area contributed by atoms with Crippen LogP contribution in [0.3, 0.4) is 0 Å². The number of methoxy groups -OCH3 is 1. The normalized spacial score (nSPS) is 22.1. The van der Waals surface area contributed by atoms with Gasteiger partial charge in [-0.1, -0.05) is 0 Å². The minimum Gasteiger partial charge on any atom is -0.381 e. The number of rotatable bonds is 4. The van der Waals surface area contributed by atoms with Crippen molar-refractivity contribution >= 4 is 5.91 Å².